The molecule has 4 heteroatoms. The van der Waals surface area contributed by atoms with E-state index in [4.69, 9.17) is 12.2 Å². The van der Waals surface area contributed by atoms with Crippen LogP contribution in [0.5, 0.6) is 0 Å². The molecule has 0 atom stereocenters. The first-order chi connectivity index (χ1) is 9.63. The molecule has 0 aliphatic rings. The van der Waals surface area contributed by atoms with Crippen molar-refractivity contribution in [1.82, 2.24) is 9.55 Å². The second-order valence-corrected chi connectivity index (χ2v) is 5.99. The summed E-state index contributed by atoms with van der Waals surface area (Å²) in [6, 6.07) is 16.5. The van der Waals surface area contributed by atoms with Crippen molar-refractivity contribution in [1.29, 1.82) is 0 Å². The Morgan fingerprint density at radius 3 is 2.55 bits per heavy atom. The van der Waals surface area contributed by atoms with Crippen LogP contribution in [0.4, 0.5) is 0 Å². The molecule has 0 fully saturated rings. The summed E-state index contributed by atoms with van der Waals surface area (Å²) in [6.07, 6.45) is 2.04. The molecule has 1 N–H and O–H groups in total. The van der Waals surface area contributed by atoms with Crippen LogP contribution in [0.3, 0.4) is 0 Å². The normalized spacial score (nSPS) is 10.7. The van der Waals surface area contributed by atoms with E-state index in [0.29, 0.717) is 4.77 Å². The first kappa shape index (κ1) is 13.3. The number of rotatable bonds is 2. The van der Waals surface area contributed by atoms with Gasteiger partial charge in [0.15, 0.2) is 4.77 Å². The molecule has 100 valence electrons. The van der Waals surface area contributed by atoms with Crippen LogP contribution in [0.15, 0.2) is 59.2 Å². The number of hydrogen-bond donors (Lipinski definition) is 1. The number of aryl methyl sites for hydroxylation is 1. The van der Waals surface area contributed by atoms with Gasteiger partial charge in [-0.05, 0) is 54.5 Å². The van der Waals surface area contributed by atoms with E-state index in [9.17, 15) is 0 Å². The Morgan fingerprint density at radius 1 is 1.10 bits per heavy atom. The summed E-state index contributed by atoms with van der Waals surface area (Å²) >= 11 is 8.87. The summed E-state index contributed by atoms with van der Waals surface area (Å²) in [5.41, 5.74) is 4.43. The van der Waals surface area contributed by atoms with Crippen molar-refractivity contribution in [3.63, 3.8) is 0 Å². The summed E-state index contributed by atoms with van der Waals surface area (Å²) in [4.78, 5) is 3.26. The number of hydrogen-bond acceptors (Lipinski definition) is 1. The molecule has 3 rings (SSSR count). The summed E-state index contributed by atoms with van der Waals surface area (Å²) in [5.74, 6) is 0. The Kier molecular flexibility index (Phi) is 3.59. The number of aromatic amines is 1. The van der Waals surface area contributed by atoms with Gasteiger partial charge in [0, 0.05) is 16.4 Å². The average molecular weight is 345 g/mol. The van der Waals surface area contributed by atoms with Gasteiger partial charge in [0.05, 0.1) is 5.69 Å². The maximum atomic E-state index is 5.42. The van der Waals surface area contributed by atoms with Crippen molar-refractivity contribution in [3.05, 3.63) is 69.5 Å². The first-order valence-electron chi connectivity index (χ1n) is 6.28. The van der Waals surface area contributed by atoms with Crippen LogP contribution in [-0.2, 0) is 0 Å². The summed E-state index contributed by atoms with van der Waals surface area (Å²) < 4.78 is 3.77. The van der Waals surface area contributed by atoms with Gasteiger partial charge in [-0.3, -0.25) is 4.57 Å². The quantitative estimate of drug-likeness (QED) is 0.627. The van der Waals surface area contributed by atoms with E-state index in [1.165, 1.54) is 5.56 Å². The van der Waals surface area contributed by atoms with Crippen LogP contribution in [0.25, 0.3) is 16.9 Å². The molecule has 0 amide bonds. The molecule has 2 aromatic carbocycles. The summed E-state index contributed by atoms with van der Waals surface area (Å²) in [5, 5.41) is 0. The average Bonchev–Trinajstić information content (AvgIpc) is 2.82. The fourth-order valence-electron chi connectivity index (χ4n) is 2.14. The third kappa shape index (κ3) is 2.62. The lowest BCUT2D eigenvalue weighted by Crippen LogP contribution is -1.91. The lowest BCUT2D eigenvalue weighted by molar-refractivity contribution is 1.03. The second kappa shape index (κ2) is 5.38. The monoisotopic (exact) mass is 344 g/mol. The molecule has 1 heterocycles. The molecule has 0 aliphatic heterocycles. The van der Waals surface area contributed by atoms with Gasteiger partial charge in [-0.25, -0.2) is 0 Å². The van der Waals surface area contributed by atoms with Gasteiger partial charge in [0.2, 0.25) is 0 Å². The van der Waals surface area contributed by atoms with Crippen LogP contribution in [-0.4, -0.2) is 9.55 Å². The van der Waals surface area contributed by atoms with E-state index in [0.717, 1.165) is 21.4 Å². The number of H-pyrrole nitrogens is 1. The molecule has 1 aromatic heterocycles. The topological polar surface area (TPSA) is 20.7 Å². The largest absolute Gasteiger partial charge is 0.330 e. The number of benzene rings is 2. The Morgan fingerprint density at radius 2 is 1.85 bits per heavy atom. The number of nitrogens with zero attached hydrogens (tertiary/aromatic N) is 1. The maximum absolute atomic E-state index is 5.42. The van der Waals surface area contributed by atoms with Crippen LogP contribution in [0.2, 0.25) is 0 Å². The number of aromatic nitrogens is 2. The first-order valence-corrected chi connectivity index (χ1v) is 7.48. The van der Waals surface area contributed by atoms with Crippen molar-refractivity contribution in [2.24, 2.45) is 0 Å². The predicted octanol–water partition coefficient (Wildman–Crippen LogP) is 5.27. The van der Waals surface area contributed by atoms with Gasteiger partial charge < -0.3 is 4.98 Å². The molecular formula is C16H13BrN2S. The minimum atomic E-state index is 0.702. The zero-order valence-corrected chi connectivity index (χ0v) is 13.3. The molecule has 0 aliphatic carbocycles. The molecular weight excluding hydrogens is 332 g/mol. The molecule has 20 heavy (non-hydrogen) atoms. The minimum Gasteiger partial charge on any atom is -0.330 e. The van der Waals surface area contributed by atoms with Gasteiger partial charge in [0.25, 0.3) is 0 Å². The molecule has 3 aromatic rings. The van der Waals surface area contributed by atoms with Crippen molar-refractivity contribution in [2.75, 3.05) is 0 Å². The molecule has 0 saturated carbocycles. The Balaban J connectivity index is 2.07. The zero-order chi connectivity index (χ0) is 14.1. The number of nitrogens with one attached hydrogen (secondary N) is 1. The van der Waals surface area contributed by atoms with E-state index < -0.39 is 0 Å². The molecule has 2 nitrogen and oxygen atoms in total. The van der Waals surface area contributed by atoms with Crippen molar-refractivity contribution >= 4 is 28.1 Å². The third-order valence-electron chi connectivity index (χ3n) is 3.15. The van der Waals surface area contributed by atoms with Crippen LogP contribution >= 0.6 is 28.1 Å². The predicted molar refractivity (Wildman–Crippen MR) is 88.8 cm³/mol. The lowest BCUT2D eigenvalue weighted by Gasteiger charge is -2.02. The fourth-order valence-corrected chi connectivity index (χ4v) is 2.67. The number of halogens is 1. The van der Waals surface area contributed by atoms with Crippen LogP contribution in [0, 0.1) is 11.7 Å². The Bertz CT molecular complexity index is 800. The molecule has 0 saturated heterocycles. The van der Waals surface area contributed by atoms with Crippen molar-refractivity contribution < 1.29 is 0 Å². The molecule has 0 bridgehead atoms. The van der Waals surface area contributed by atoms with Gasteiger partial charge in [-0.15, -0.1) is 0 Å². The van der Waals surface area contributed by atoms with Crippen molar-refractivity contribution in [3.8, 4) is 16.9 Å². The van der Waals surface area contributed by atoms with Crippen molar-refractivity contribution in [2.45, 2.75) is 6.92 Å². The van der Waals surface area contributed by atoms with E-state index in [2.05, 4.69) is 58.2 Å². The van der Waals surface area contributed by atoms with E-state index in [1.807, 2.05) is 29.0 Å². The van der Waals surface area contributed by atoms with Crippen LogP contribution < -0.4 is 0 Å². The molecule has 0 radical (unpaired) electrons. The SMILES string of the molecule is Cc1cccc(-n2cc(-c3ccc(Br)cc3)[nH]c2=S)c1. The Hall–Kier alpha value is -1.65. The van der Waals surface area contributed by atoms with Gasteiger partial charge in [-0.2, -0.15) is 0 Å². The van der Waals surface area contributed by atoms with Gasteiger partial charge in [-0.1, -0.05) is 40.2 Å². The van der Waals surface area contributed by atoms with Crippen LogP contribution in [0.1, 0.15) is 5.56 Å². The second-order valence-electron chi connectivity index (χ2n) is 4.69. The highest BCUT2D eigenvalue weighted by Gasteiger charge is 2.05. The highest BCUT2D eigenvalue weighted by atomic mass is 79.9. The maximum Gasteiger partial charge on any atom is 0.182 e. The van der Waals surface area contributed by atoms with E-state index in [1.54, 1.807) is 0 Å². The van der Waals surface area contributed by atoms with E-state index >= 15 is 0 Å². The van der Waals surface area contributed by atoms with E-state index in [-0.39, 0.29) is 0 Å². The standard InChI is InChI=1S/C16H13BrN2S/c1-11-3-2-4-14(9-11)19-10-15(18-16(19)20)12-5-7-13(17)8-6-12/h2-10H,1H3,(H,18,20). The Labute approximate surface area is 131 Å². The third-order valence-corrected chi connectivity index (χ3v) is 3.98. The van der Waals surface area contributed by atoms with Gasteiger partial charge >= 0.3 is 0 Å². The molecule has 0 spiro atoms. The smallest absolute Gasteiger partial charge is 0.182 e. The summed E-state index contributed by atoms with van der Waals surface area (Å²) in [6.45, 7) is 2.08. The molecule has 0 unspecified atom stereocenters. The summed E-state index contributed by atoms with van der Waals surface area (Å²) in [7, 11) is 0. The lowest BCUT2D eigenvalue weighted by atomic mass is 10.2. The minimum absolute atomic E-state index is 0.702. The highest BCUT2D eigenvalue weighted by molar-refractivity contribution is 9.10. The zero-order valence-electron chi connectivity index (χ0n) is 10.9. The number of imidazole rings is 1. The fraction of sp³-hybridized carbons (Fsp3) is 0.0625. The van der Waals surface area contributed by atoms with Gasteiger partial charge in [0.1, 0.15) is 0 Å². The highest BCUT2D eigenvalue weighted by Crippen LogP contribution is 2.22.